The zero-order chi connectivity index (χ0) is 19.1. The van der Waals surface area contributed by atoms with Crippen LogP contribution in [0.5, 0.6) is 0 Å². The summed E-state index contributed by atoms with van der Waals surface area (Å²) in [7, 11) is 0. The summed E-state index contributed by atoms with van der Waals surface area (Å²) >= 11 is 0. The summed E-state index contributed by atoms with van der Waals surface area (Å²) in [4.78, 5) is 18.0. The molecule has 1 aliphatic carbocycles. The zero-order valence-corrected chi connectivity index (χ0v) is 16.4. The second kappa shape index (κ2) is 6.80. The van der Waals surface area contributed by atoms with Crippen LogP contribution in [0.1, 0.15) is 80.0 Å². The molecule has 0 saturated heterocycles. The molecule has 1 aromatic carbocycles. The highest BCUT2D eigenvalue weighted by Crippen LogP contribution is 2.40. The molecule has 0 bridgehead atoms. The van der Waals surface area contributed by atoms with E-state index in [1.807, 2.05) is 28.9 Å². The van der Waals surface area contributed by atoms with Crippen molar-refractivity contribution in [3.8, 4) is 0 Å². The topological polar surface area (TPSA) is 59.8 Å². The van der Waals surface area contributed by atoms with Gasteiger partial charge in [-0.2, -0.15) is 5.10 Å². The molecule has 27 heavy (non-hydrogen) atoms. The van der Waals surface area contributed by atoms with E-state index in [9.17, 15) is 4.79 Å². The molecule has 5 heteroatoms. The molecule has 0 atom stereocenters. The number of para-hydroxylation sites is 1. The fraction of sp³-hybridized carbons (Fsp3) is 0.409. The molecule has 5 nitrogen and oxygen atoms in total. The lowest BCUT2D eigenvalue weighted by atomic mass is 10.0. The summed E-state index contributed by atoms with van der Waals surface area (Å²) in [6.07, 6.45) is 4.05. The van der Waals surface area contributed by atoms with Crippen molar-refractivity contribution >= 4 is 22.6 Å². The molecule has 0 aliphatic heterocycles. The molecule has 140 valence electrons. The Morgan fingerprint density at radius 2 is 1.93 bits per heavy atom. The first kappa shape index (κ1) is 17.7. The largest absolute Gasteiger partial charge is 0.322 e. The second-order valence-corrected chi connectivity index (χ2v) is 7.99. The molecular formula is C22H26N4O. The van der Waals surface area contributed by atoms with Gasteiger partial charge in [-0.3, -0.25) is 4.79 Å². The Balaban J connectivity index is 1.78. The SMILES string of the molecule is CC(C)c1ccccc1NC(=O)c1cc(C2CC2)nc2c1cnn2C(C)C. The highest BCUT2D eigenvalue weighted by Gasteiger charge is 2.28. The number of anilines is 1. The fourth-order valence-electron chi connectivity index (χ4n) is 3.50. The van der Waals surface area contributed by atoms with Gasteiger partial charge in [-0.25, -0.2) is 9.67 Å². The fourth-order valence-corrected chi connectivity index (χ4v) is 3.50. The van der Waals surface area contributed by atoms with E-state index in [0.29, 0.717) is 17.4 Å². The number of amides is 1. The number of nitrogens with one attached hydrogen (secondary N) is 1. The number of benzene rings is 1. The number of carbonyl (C=O) groups excluding carboxylic acids is 1. The summed E-state index contributed by atoms with van der Waals surface area (Å²) in [5.41, 5.74) is 4.47. The van der Waals surface area contributed by atoms with Crippen LogP contribution in [0.2, 0.25) is 0 Å². The Morgan fingerprint density at radius 3 is 2.59 bits per heavy atom. The van der Waals surface area contributed by atoms with Crippen LogP contribution in [0, 0.1) is 0 Å². The van der Waals surface area contributed by atoms with Gasteiger partial charge < -0.3 is 5.32 Å². The molecule has 1 N–H and O–H groups in total. The van der Waals surface area contributed by atoms with Crippen LogP contribution in [-0.2, 0) is 0 Å². The summed E-state index contributed by atoms with van der Waals surface area (Å²) in [5.74, 6) is 0.713. The third-order valence-electron chi connectivity index (χ3n) is 5.15. The van der Waals surface area contributed by atoms with Gasteiger partial charge in [-0.05, 0) is 50.3 Å². The second-order valence-electron chi connectivity index (χ2n) is 7.99. The molecule has 0 radical (unpaired) electrons. The monoisotopic (exact) mass is 362 g/mol. The lowest BCUT2D eigenvalue weighted by molar-refractivity contribution is 0.102. The minimum Gasteiger partial charge on any atom is -0.322 e. The Bertz CT molecular complexity index is 999. The smallest absolute Gasteiger partial charge is 0.256 e. The van der Waals surface area contributed by atoms with E-state index in [1.165, 1.54) is 0 Å². The third-order valence-corrected chi connectivity index (χ3v) is 5.15. The maximum Gasteiger partial charge on any atom is 0.256 e. The standard InChI is InChI=1S/C22H26N4O/c1-13(2)16-7-5-6-8-19(16)25-22(27)17-11-20(15-9-10-15)24-21-18(17)12-23-26(21)14(3)4/h5-8,11-15H,9-10H2,1-4H3,(H,25,27). The Hall–Kier alpha value is -2.69. The van der Waals surface area contributed by atoms with Crippen molar-refractivity contribution in [3.05, 3.63) is 53.3 Å². The maximum absolute atomic E-state index is 13.2. The minimum atomic E-state index is -0.0966. The lowest BCUT2D eigenvalue weighted by Gasteiger charge is -2.14. The molecular weight excluding hydrogens is 336 g/mol. The highest BCUT2D eigenvalue weighted by atomic mass is 16.1. The first-order chi connectivity index (χ1) is 13.0. The van der Waals surface area contributed by atoms with Crippen LogP contribution in [0.25, 0.3) is 11.0 Å². The van der Waals surface area contributed by atoms with Crippen LogP contribution >= 0.6 is 0 Å². The normalized spacial score (nSPS) is 14.3. The van der Waals surface area contributed by atoms with Crippen molar-refractivity contribution in [2.24, 2.45) is 0 Å². The van der Waals surface area contributed by atoms with Gasteiger partial charge in [0.2, 0.25) is 0 Å². The number of aromatic nitrogens is 3. The molecule has 0 unspecified atom stereocenters. The van der Waals surface area contributed by atoms with Crippen LogP contribution in [-0.4, -0.2) is 20.7 Å². The maximum atomic E-state index is 13.2. The molecule has 2 heterocycles. The predicted molar refractivity (Wildman–Crippen MR) is 108 cm³/mol. The Kier molecular flexibility index (Phi) is 4.46. The van der Waals surface area contributed by atoms with Crippen molar-refractivity contribution in [1.82, 2.24) is 14.8 Å². The average molecular weight is 362 g/mol. The van der Waals surface area contributed by atoms with Crippen LogP contribution < -0.4 is 5.32 Å². The first-order valence-corrected chi connectivity index (χ1v) is 9.74. The summed E-state index contributed by atoms with van der Waals surface area (Å²) < 4.78 is 1.90. The van der Waals surface area contributed by atoms with E-state index in [4.69, 9.17) is 4.98 Å². The first-order valence-electron chi connectivity index (χ1n) is 9.74. The molecule has 3 aromatic rings. The summed E-state index contributed by atoms with van der Waals surface area (Å²) in [5, 5.41) is 8.42. The van der Waals surface area contributed by atoms with E-state index in [-0.39, 0.29) is 11.9 Å². The van der Waals surface area contributed by atoms with Crippen molar-refractivity contribution in [2.75, 3.05) is 5.32 Å². The lowest BCUT2D eigenvalue weighted by Crippen LogP contribution is -2.15. The van der Waals surface area contributed by atoms with E-state index >= 15 is 0 Å². The van der Waals surface area contributed by atoms with Gasteiger partial charge in [0.1, 0.15) is 0 Å². The molecule has 1 fully saturated rings. The molecule has 4 rings (SSSR count). The number of carbonyl (C=O) groups is 1. The molecule has 2 aromatic heterocycles. The van der Waals surface area contributed by atoms with Crippen molar-refractivity contribution in [1.29, 1.82) is 0 Å². The Morgan fingerprint density at radius 1 is 1.19 bits per heavy atom. The summed E-state index contributed by atoms with van der Waals surface area (Å²) in [6, 6.07) is 10.1. The van der Waals surface area contributed by atoms with Gasteiger partial charge in [-0.15, -0.1) is 0 Å². The van der Waals surface area contributed by atoms with Crippen molar-refractivity contribution in [2.45, 2.75) is 58.4 Å². The molecule has 1 aliphatic rings. The van der Waals surface area contributed by atoms with Gasteiger partial charge in [0.05, 0.1) is 17.1 Å². The number of pyridine rings is 1. The minimum absolute atomic E-state index is 0.0966. The van der Waals surface area contributed by atoms with E-state index in [1.54, 1.807) is 6.20 Å². The number of rotatable bonds is 5. The van der Waals surface area contributed by atoms with E-state index < -0.39 is 0 Å². The molecule has 0 spiro atoms. The van der Waals surface area contributed by atoms with E-state index in [2.05, 4.69) is 44.2 Å². The quantitative estimate of drug-likeness (QED) is 0.673. The predicted octanol–water partition coefficient (Wildman–Crippen LogP) is 5.27. The van der Waals surface area contributed by atoms with Crippen LogP contribution in [0.3, 0.4) is 0 Å². The van der Waals surface area contributed by atoms with Crippen molar-refractivity contribution < 1.29 is 4.79 Å². The van der Waals surface area contributed by atoms with Gasteiger partial charge >= 0.3 is 0 Å². The zero-order valence-electron chi connectivity index (χ0n) is 16.4. The van der Waals surface area contributed by atoms with Gasteiger partial charge in [0, 0.05) is 23.3 Å². The van der Waals surface area contributed by atoms with Gasteiger partial charge in [0.15, 0.2) is 5.65 Å². The molecule has 1 saturated carbocycles. The van der Waals surface area contributed by atoms with Crippen molar-refractivity contribution in [3.63, 3.8) is 0 Å². The van der Waals surface area contributed by atoms with Gasteiger partial charge in [0.25, 0.3) is 5.91 Å². The number of fused-ring (bicyclic) bond motifs is 1. The molecule has 1 amide bonds. The highest BCUT2D eigenvalue weighted by molar-refractivity contribution is 6.12. The van der Waals surface area contributed by atoms with E-state index in [0.717, 1.165) is 40.8 Å². The van der Waals surface area contributed by atoms with Crippen LogP contribution in [0.4, 0.5) is 5.69 Å². The average Bonchev–Trinajstić information content (AvgIpc) is 3.40. The summed E-state index contributed by atoms with van der Waals surface area (Å²) in [6.45, 7) is 8.42. The third kappa shape index (κ3) is 3.34. The van der Waals surface area contributed by atoms with Crippen LogP contribution in [0.15, 0.2) is 36.5 Å². The number of nitrogens with zero attached hydrogens (tertiary/aromatic N) is 3. The number of hydrogen-bond donors (Lipinski definition) is 1. The van der Waals surface area contributed by atoms with Gasteiger partial charge in [-0.1, -0.05) is 32.0 Å². The Labute approximate surface area is 159 Å². The number of hydrogen-bond acceptors (Lipinski definition) is 3.